The Morgan fingerprint density at radius 2 is 2.04 bits per heavy atom. The fourth-order valence-corrected chi connectivity index (χ4v) is 2.61. The zero-order chi connectivity index (χ0) is 18.4. The summed E-state index contributed by atoms with van der Waals surface area (Å²) in [5, 5.41) is 22.6. The predicted molar refractivity (Wildman–Crippen MR) is 96.3 cm³/mol. The van der Waals surface area contributed by atoms with Crippen LogP contribution in [0, 0.1) is 11.8 Å². The first-order chi connectivity index (χ1) is 12.7. The third-order valence-corrected chi connectivity index (χ3v) is 3.92. The van der Waals surface area contributed by atoms with Crippen molar-refractivity contribution in [2.45, 2.75) is 32.4 Å². The molecular formula is C20H21N3O3. The number of aliphatic hydroxyl groups is 2. The van der Waals surface area contributed by atoms with Crippen molar-refractivity contribution >= 4 is 0 Å². The summed E-state index contributed by atoms with van der Waals surface area (Å²) in [6, 6.07) is 9.73. The van der Waals surface area contributed by atoms with Gasteiger partial charge in [0.15, 0.2) is 0 Å². The highest BCUT2D eigenvalue weighted by molar-refractivity contribution is 5.40. The van der Waals surface area contributed by atoms with Crippen molar-refractivity contribution in [3.05, 3.63) is 71.1 Å². The molecule has 0 aliphatic heterocycles. The monoisotopic (exact) mass is 351 g/mol. The highest BCUT2D eigenvalue weighted by Crippen LogP contribution is 2.12. The predicted octanol–water partition coefficient (Wildman–Crippen LogP) is 2.30. The molecular weight excluding hydrogens is 330 g/mol. The first kappa shape index (κ1) is 17.9. The quantitative estimate of drug-likeness (QED) is 0.666. The summed E-state index contributed by atoms with van der Waals surface area (Å²) < 4.78 is 7.09. The van der Waals surface area contributed by atoms with E-state index < -0.39 is 6.10 Å². The second-order valence-electron chi connectivity index (χ2n) is 6.05. The maximum atomic E-state index is 9.69. The molecule has 0 bridgehead atoms. The Balaban J connectivity index is 1.65. The van der Waals surface area contributed by atoms with Crippen molar-refractivity contribution in [1.29, 1.82) is 0 Å². The molecule has 2 aromatic heterocycles. The molecule has 0 aliphatic rings. The van der Waals surface area contributed by atoms with Gasteiger partial charge in [-0.3, -0.25) is 0 Å². The molecule has 0 saturated carbocycles. The Morgan fingerprint density at radius 1 is 1.23 bits per heavy atom. The zero-order valence-corrected chi connectivity index (χ0v) is 14.6. The summed E-state index contributed by atoms with van der Waals surface area (Å²) in [5.74, 6) is 7.10. The number of hydrogen-bond donors (Lipinski definition) is 2. The van der Waals surface area contributed by atoms with Gasteiger partial charge in [0.1, 0.15) is 17.6 Å². The van der Waals surface area contributed by atoms with Crippen molar-refractivity contribution in [2.24, 2.45) is 0 Å². The number of benzene rings is 1. The second-order valence-corrected chi connectivity index (χ2v) is 6.05. The highest BCUT2D eigenvalue weighted by Gasteiger charge is 2.10. The summed E-state index contributed by atoms with van der Waals surface area (Å²) in [7, 11) is 0. The van der Waals surface area contributed by atoms with Crippen LogP contribution in [0.5, 0.6) is 0 Å². The van der Waals surface area contributed by atoms with E-state index in [1.54, 1.807) is 25.4 Å². The molecule has 2 heterocycles. The molecule has 0 spiro atoms. The van der Waals surface area contributed by atoms with E-state index in [1.165, 1.54) is 5.56 Å². The summed E-state index contributed by atoms with van der Waals surface area (Å²) in [6.45, 7) is 2.34. The van der Waals surface area contributed by atoms with Crippen LogP contribution < -0.4 is 0 Å². The molecule has 134 valence electrons. The van der Waals surface area contributed by atoms with Crippen LogP contribution in [0.2, 0.25) is 0 Å². The van der Waals surface area contributed by atoms with Crippen molar-refractivity contribution in [3.8, 4) is 11.8 Å². The van der Waals surface area contributed by atoms with Crippen LogP contribution in [0.4, 0.5) is 0 Å². The molecule has 1 aromatic carbocycles. The van der Waals surface area contributed by atoms with E-state index in [0.29, 0.717) is 23.8 Å². The van der Waals surface area contributed by atoms with Gasteiger partial charge in [0.25, 0.3) is 0 Å². The van der Waals surface area contributed by atoms with Gasteiger partial charge in [-0.1, -0.05) is 23.2 Å². The van der Waals surface area contributed by atoms with E-state index in [4.69, 9.17) is 9.63 Å². The lowest BCUT2D eigenvalue weighted by Crippen LogP contribution is -2.07. The van der Waals surface area contributed by atoms with Crippen molar-refractivity contribution < 1.29 is 14.7 Å². The number of nitrogens with zero attached hydrogens (tertiary/aromatic N) is 3. The van der Waals surface area contributed by atoms with E-state index in [1.807, 2.05) is 28.8 Å². The molecule has 6 nitrogen and oxygen atoms in total. The summed E-state index contributed by atoms with van der Waals surface area (Å²) >= 11 is 0. The topological polar surface area (TPSA) is 84.3 Å². The lowest BCUT2D eigenvalue weighted by Gasteiger charge is -2.07. The molecule has 0 saturated heterocycles. The van der Waals surface area contributed by atoms with Crippen LogP contribution in [-0.2, 0) is 13.0 Å². The van der Waals surface area contributed by atoms with Crippen LogP contribution in [0.3, 0.4) is 0 Å². The molecule has 0 amide bonds. The lowest BCUT2D eigenvalue weighted by molar-refractivity contribution is 0.184. The summed E-state index contributed by atoms with van der Waals surface area (Å²) in [5.41, 5.74) is 2.79. The van der Waals surface area contributed by atoms with E-state index in [2.05, 4.69) is 22.0 Å². The fraction of sp³-hybridized carbons (Fsp3) is 0.300. The number of aryl methyl sites for hydroxylation is 1. The first-order valence-electron chi connectivity index (χ1n) is 8.52. The standard InChI is InChI=1S/C20H21N3O3/c1-15(25)20-21-10-11-23(20)14-18-13-19(26-22-18)9-8-17-6-4-16(5-7-17)3-2-12-24/h4-7,10-11,13,15,24-25H,2-3,12,14H2,1H3. The number of aromatic nitrogens is 3. The van der Waals surface area contributed by atoms with Crippen molar-refractivity contribution in [2.75, 3.05) is 6.61 Å². The summed E-state index contributed by atoms with van der Waals surface area (Å²) in [6.07, 6.45) is 4.42. The number of rotatable bonds is 6. The van der Waals surface area contributed by atoms with Crippen LogP contribution in [0.25, 0.3) is 0 Å². The van der Waals surface area contributed by atoms with Gasteiger partial charge in [-0.2, -0.15) is 0 Å². The van der Waals surface area contributed by atoms with Gasteiger partial charge in [0.2, 0.25) is 5.76 Å². The zero-order valence-electron chi connectivity index (χ0n) is 14.6. The fourth-order valence-electron chi connectivity index (χ4n) is 2.61. The van der Waals surface area contributed by atoms with Crippen LogP contribution >= 0.6 is 0 Å². The minimum absolute atomic E-state index is 0.202. The number of aliphatic hydroxyl groups excluding tert-OH is 2. The highest BCUT2D eigenvalue weighted by atomic mass is 16.5. The molecule has 3 aromatic rings. The Morgan fingerprint density at radius 3 is 2.77 bits per heavy atom. The third kappa shape index (κ3) is 4.60. The van der Waals surface area contributed by atoms with Crippen LogP contribution in [0.1, 0.15) is 47.9 Å². The average molecular weight is 351 g/mol. The molecule has 1 atom stereocenters. The third-order valence-electron chi connectivity index (χ3n) is 3.92. The summed E-state index contributed by atoms with van der Waals surface area (Å²) in [4.78, 5) is 4.13. The Hall–Kier alpha value is -2.88. The molecule has 1 unspecified atom stereocenters. The minimum atomic E-state index is -0.642. The van der Waals surface area contributed by atoms with Gasteiger partial charge < -0.3 is 19.3 Å². The van der Waals surface area contributed by atoms with Crippen molar-refractivity contribution in [3.63, 3.8) is 0 Å². The van der Waals surface area contributed by atoms with Crippen LogP contribution in [0.15, 0.2) is 47.2 Å². The van der Waals surface area contributed by atoms with E-state index in [0.717, 1.165) is 18.4 Å². The van der Waals surface area contributed by atoms with E-state index in [-0.39, 0.29) is 6.61 Å². The van der Waals surface area contributed by atoms with E-state index >= 15 is 0 Å². The van der Waals surface area contributed by atoms with Gasteiger partial charge in [0.05, 0.1) is 6.54 Å². The SMILES string of the molecule is CC(O)c1nccn1Cc1cc(C#Cc2ccc(CCCO)cc2)on1. The maximum absolute atomic E-state index is 9.69. The van der Waals surface area contributed by atoms with Gasteiger partial charge in [0, 0.05) is 30.6 Å². The van der Waals surface area contributed by atoms with Gasteiger partial charge in [-0.15, -0.1) is 0 Å². The maximum Gasteiger partial charge on any atom is 0.210 e. The lowest BCUT2D eigenvalue weighted by atomic mass is 10.1. The molecule has 26 heavy (non-hydrogen) atoms. The largest absolute Gasteiger partial charge is 0.396 e. The molecule has 2 N–H and O–H groups in total. The van der Waals surface area contributed by atoms with Gasteiger partial charge in [-0.25, -0.2) is 4.98 Å². The Labute approximate surface area is 152 Å². The Kier molecular flexibility index (Phi) is 5.84. The first-order valence-corrected chi connectivity index (χ1v) is 8.52. The molecule has 0 fully saturated rings. The van der Waals surface area contributed by atoms with Crippen LogP contribution in [-0.4, -0.2) is 31.5 Å². The van der Waals surface area contributed by atoms with Gasteiger partial charge >= 0.3 is 0 Å². The smallest absolute Gasteiger partial charge is 0.210 e. The normalized spacial score (nSPS) is 11.8. The average Bonchev–Trinajstić information content (AvgIpc) is 3.29. The number of hydrogen-bond acceptors (Lipinski definition) is 5. The minimum Gasteiger partial charge on any atom is -0.396 e. The van der Waals surface area contributed by atoms with Gasteiger partial charge in [-0.05, 0) is 43.4 Å². The Bertz CT molecular complexity index is 898. The van der Waals surface area contributed by atoms with E-state index in [9.17, 15) is 5.11 Å². The molecule has 0 radical (unpaired) electrons. The number of imidazole rings is 1. The molecule has 0 aliphatic carbocycles. The molecule has 3 rings (SSSR count). The van der Waals surface area contributed by atoms with Crippen molar-refractivity contribution in [1.82, 2.24) is 14.7 Å². The second kappa shape index (κ2) is 8.48. The molecule has 6 heteroatoms.